The normalized spacial score (nSPS) is 21.8. The van der Waals surface area contributed by atoms with Crippen LogP contribution in [0.5, 0.6) is 0 Å². The van der Waals surface area contributed by atoms with Gasteiger partial charge in [-0.1, -0.05) is 152 Å². The average Bonchev–Trinajstić information content (AvgIpc) is 2.82. The Kier molecular flexibility index (Phi) is 24.6. The summed E-state index contributed by atoms with van der Waals surface area (Å²) < 4.78 is 0. The lowest BCUT2D eigenvalue weighted by atomic mass is 9.76. The lowest BCUT2D eigenvalue weighted by molar-refractivity contribution is 0.188. The van der Waals surface area contributed by atoms with E-state index in [0.717, 1.165) is 17.9 Å². The van der Waals surface area contributed by atoms with Crippen molar-refractivity contribution in [2.45, 2.75) is 196 Å². The Bertz CT molecular complexity index is 537. The summed E-state index contributed by atoms with van der Waals surface area (Å²) in [5, 5.41) is 10.4. The van der Waals surface area contributed by atoms with E-state index in [0.29, 0.717) is 32.5 Å². The molecule has 0 aromatic heterocycles. The summed E-state index contributed by atoms with van der Waals surface area (Å²) in [7, 11) is 0. The van der Waals surface area contributed by atoms with Crippen LogP contribution in [0.4, 0.5) is 0 Å². The number of piperidine rings is 3. The van der Waals surface area contributed by atoms with Gasteiger partial charge in [-0.05, 0) is 116 Å². The van der Waals surface area contributed by atoms with Gasteiger partial charge in [0.2, 0.25) is 0 Å². The SMILES string of the molecule is CC(C)(C)C.CC(C)(C)C.CC(C)(C)C.CC(C)(C)C1CCCCN1.CC(C)(C)C1CCCNC1.CC(C)(C)C1CCNCC1. The van der Waals surface area contributed by atoms with Crippen molar-refractivity contribution >= 4 is 0 Å². The zero-order valence-electron chi connectivity index (χ0n) is 35.7. The Hall–Kier alpha value is -0.120. The highest BCUT2D eigenvalue weighted by Crippen LogP contribution is 2.32. The number of nitrogens with one attached hydrogen (secondary N) is 3. The van der Waals surface area contributed by atoms with Crippen LogP contribution in [0.3, 0.4) is 0 Å². The van der Waals surface area contributed by atoms with Crippen molar-refractivity contribution < 1.29 is 0 Å². The fourth-order valence-corrected chi connectivity index (χ4v) is 4.87. The molecule has 0 radical (unpaired) electrons. The molecule has 3 heterocycles. The number of rotatable bonds is 0. The zero-order chi connectivity index (χ0) is 36.3. The molecule has 3 nitrogen and oxygen atoms in total. The predicted molar refractivity (Wildman–Crippen MR) is 211 cm³/mol. The molecule has 2 atom stereocenters. The smallest absolute Gasteiger partial charge is 0.0116 e. The van der Waals surface area contributed by atoms with Crippen LogP contribution in [0, 0.1) is 44.3 Å². The van der Waals surface area contributed by atoms with Crippen molar-refractivity contribution in [1.29, 1.82) is 0 Å². The zero-order valence-corrected chi connectivity index (χ0v) is 35.7. The topological polar surface area (TPSA) is 36.1 Å². The van der Waals surface area contributed by atoms with Crippen LogP contribution in [0.2, 0.25) is 0 Å². The first-order valence-corrected chi connectivity index (χ1v) is 19.0. The standard InChI is InChI=1S/3C9H19N.3C5H12/c1-9(2,3)8-4-6-10-7-5-8;1-9(2,3)8-5-4-6-10-7-8;1-9(2,3)8-6-4-5-7-10-8;3*1-5(2,3)4/h3*8,10H,4-7H2,1-3H3;3*1-4H3. The maximum absolute atomic E-state index is 3.56. The molecule has 3 aliphatic heterocycles. The molecule has 276 valence electrons. The lowest BCUT2D eigenvalue weighted by Crippen LogP contribution is -2.43. The van der Waals surface area contributed by atoms with Crippen molar-refractivity contribution in [3.63, 3.8) is 0 Å². The summed E-state index contributed by atoms with van der Waals surface area (Å²) >= 11 is 0. The van der Waals surface area contributed by atoms with Gasteiger partial charge in [0.1, 0.15) is 0 Å². The van der Waals surface area contributed by atoms with Crippen molar-refractivity contribution in [2.75, 3.05) is 32.7 Å². The summed E-state index contributed by atoms with van der Waals surface area (Å²) in [5.41, 5.74) is 3.00. The Morgan fingerprint density at radius 3 is 0.956 bits per heavy atom. The van der Waals surface area contributed by atoms with Gasteiger partial charge < -0.3 is 16.0 Å². The highest BCUT2D eigenvalue weighted by atomic mass is 14.9. The molecular weight excluding hydrogens is 546 g/mol. The summed E-state index contributed by atoms with van der Waals surface area (Å²) in [6.45, 7) is 53.4. The molecule has 3 N–H and O–H groups in total. The molecule has 0 amide bonds. The van der Waals surface area contributed by atoms with Crippen molar-refractivity contribution in [1.82, 2.24) is 16.0 Å². The quantitative estimate of drug-likeness (QED) is 0.247. The van der Waals surface area contributed by atoms with E-state index >= 15 is 0 Å². The average molecular weight is 640 g/mol. The van der Waals surface area contributed by atoms with E-state index in [1.165, 1.54) is 77.7 Å². The van der Waals surface area contributed by atoms with Crippen LogP contribution in [-0.2, 0) is 0 Å². The minimum absolute atomic E-state index is 0.459. The van der Waals surface area contributed by atoms with Gasteiger partial charge in [-0.25, -0.2) is 0 Å². The van der Waals surface area contributed by atoms with Crippen LogP contribution in [-0.4, -0.2) is 38.8 Å². The minimum atomic E-state index is 0.459. The van der Waals surface area contributed by atoms with Gasteiger partial charge in [-0.15, -0.1) is 0 Å². The molecule has 0 aliphatic carbocycles. The molecule has 3 fully saturated rings. The Labute approximate surface area is 288 Å². The van der Waals surface area contributed by atoms with Crippen LogP contribution >= 0.6 is 0 Å². The maximum atomic E-state index is 3.56. The first-order valence-electron chi connectivity index (χ1n) is 19.0. The van der Waals surface area contributed by atoms with Crippen LogP contribution in [0.1, 0.15) is 190 Å². The number of hydrogen-bond acceptors (Lipinski definition) is 3. The second kappa shape index (κ2) is 22.5. The third-order valence-corrected chi connectivity index (χ3v) is 7.44. The lowest BCUT2D eigenvalue weighted by Gasteiger charge is -2.34. The molecule has 0 saturated carbocycles. The second-order valence-electron chi connectivity index (χ2n) is 22.2. The molecule has 3 heteroatoms. The minimum Gasteiger partial charge on any atom is -0.317 e. The van der Waals surface area contributed by atoms with Crippen LogP contribution < -0.4 is 16.0 Å². The van der Waals surface area contributed by atoms with Gasteiger partial charge in [0.25, 0.3) is 0 Å². The van der Waals surface area contributed by atoms with Gasteiger partial charge >= 0.3 is 0 Å². The number of hydrogen-bond donors (Lipinski definition) is 3. The molecule has 3 saturated heterocycles. The van der Waals surface area contributed by atoms with Crippen molar-refractivity contribution in [3.8, 4) is 0 Å². The molecule has 0 aromatic carbocycles. The molecular formula is C42H93N3. The first-order chi connectivity index (χ1) is 19.8. The van der Waals surface area contributed by atoms with E-state index in [1.54, 1.807) is 0 Å². The fraction of sp³-hybridized carbons (Fsp3) is 1.00. The van der Waals surface area contributed by atoms with Gasteiger partial charge in [-0.3, -0.25) is 0 Å². The maximum Gasteiger partial charge on any atom is 0.0116 e. The van der Waals surface area contributed by atoms with E-state index < -0.39 is 0 Å². The van der Waals surface area contributed by atoms with Crippen molar-refractivity contribution in [2.24, 2.45) is 44.3 Å². The molecule has 2 unspecified atom stereocenters. The highest BCUT2D eigenvalue weighted by Gasteiger charge is 2.27. The fourth-order valence-electron chi connectivity index (χ4n) is 4.87. The monoisotopic (exact) mass is 640 g/mol. The highest BCUT2D eigenvalue weighted by molar-refractivity contribution is 4.83. The van der Waals surface area contributed by atoms with E-state index in [-0.39, 0.29) is 0 Å². The molecule has 3 rings (SSSR count). The van der Waals surface area contributed by atoms with E-state index in [9.17, 15) is 0 Å². The second-order valence-corrected chi connectivity index (χ2v) is 22.2. The summed E-state index contributed by atoms with van der Waals surface area (Å²) in [6.07, 6.45) is 9.65. The van der Waals surface area contributed by atoms with Gasteiger partial charge in [0.15, 0.2) is 0 Å². The molecule has 0 aromatic rings. The summed E-state index contributed by atoms with van der Waals surface area (Å²) in [6, 6.07) is 0.751. The van der Waals surface area contributed by atoms with Gasteiger partial charge in [0.05, 0.1) is 0 Å². The molecule has 45 heavy (non-hydrogen) atoms. The predicted octanol–water partition coefficient (Wildman–Crippen LogP) is 12.4. The third-order valence-electron chi connectivity index (χ3n) is 7.44. The van der Waals surface area contributed by atoms with Crippen LogP contribution in [0.15, 0.2) is 0 Å². The molecule has 3 aliphatic rings. The summed E-state index contributed by atoms with van der Waals surface area (Å²) in [4.78, 5) is 0. The van der Waals surface area contributed by atoms with E-state index in [2.05, 4.69) is 161 Å². The molecule has 0 bridgehead atoms. The van der Waals surface area contributed by atoms with E-state index in [1.807, 2.05) is 0 Å². The first kappa shape index (κ1) is 49.3. The largest absolute Gasteiger partial charge is 0.317 e. The van der Waals surface area contributed by atoms with E-state index in [4.69, 9.17) is 0 Å². The Morgan fingerprint density at radius 1 is 0.356 bits per heavy atom. The Morgan fingerprint density at radius 2 is 0.756 bits per heavy atom. The van der Waals surface area contributed by atoms with Gasteiger partial charge in [0, 0.05) is 6.04 Å². The van der Waals surface area contributed by atoms with Gasteiger partial charge in [-0.2, -0.15) is 0 Å². The van der Waals surface area contributed by atoms with Crippen LogP contribution in [0.25, 0.3) is 0 Å². The van der Waals surface area contributed by atoms with Crippen molar-refractivity contribution in [3.05, 3.63) is 0 Å². The Balaban J connectivity index is -0.000000486. The molecule has 0 spiro atoms. The third kappa shape index (κ3) is 43.9. The summed E-state index contributed by atoms with van der Waals surface area (Å²) in [5.74, 6) is 1.83.